The lowest BCUT2D eigenvalue weighted by Crippen LogP contribution is -2.57. The number of amides is 1. The topological polar surface area (TPSA) is 92.4 Å². The predicted octanol–water partition coefficient (Wildman–Crippen LogP) is 4.07. The Kier molecular flexibility index (Phi) is 5.81. The average molecular weight is 456 g/mol. The van der Waals surface area contributed by atoms with E-state index in [1.54, 1.807) is 0 Å². The van der Waals surface area contributed by atoms with Gasteiger partial charge in [-0.25, -0.2) is 13.6 Å². The van der Waals surface area contributed by atoms with Crippen molar-refractivity contribution in [1.82, 2.24) is 5.16 Å². The van der Waals surface area contributed by atoms with Crippen molar-refractivity contribution in [2.75, 3.05) is 5.32 Å². The molecule has 1 amide bonds. The van der Waals surface area contributed by atoms with E-state index in [4.69, 9.17) is 0 Å². The molecule has 0 aliphatic carbocycles. The third-order valence-electron chi connectivity index (χ3n) is 5.04. The molecule has 32 heavy (non-hydrogen) atoms. The van der Waals surface area contributed by atoms with E-state index in [-0.39, 0.29) is 22.0 Å². The highest BCUT2D eigenvalue weighted by atomic mass is 19.4. The first kappa shape index (κ1) is 23.3. The summed E-state index contributed by atoms with van der Waals surface area (Å²) >= 11 is 0. The minimum atomic E-state index is -5.42. The van der Waals surface area contributed by atoms with E-state index in [2.05, 4.69) is 9.68 Å². The van der Waals surface area contributed by atoms with Crippen LogP contribution in [0.2, 0.25) is 0 Å². The molecule has 6 nitrogen and oxygen atoms in total. The van der Waals surface area contributed by atoms with Crippen LogP contribution in [0.1, 0.15) is 25.8 Å². The van der Waals surface area contributed by atoms with Crippen LogP contribution in [0, 0.1) is 11.6 Å². The Hall–Kier alpha value is -3.34. The van der Waals surface area contributed by atoms with Crippen LogP contribution in [0.3, 0.4) is 0 Å². The lowest BCUT2D eigenvalue weighted by Gasteiger charge is -2.36. The minimum absolute atomic E-state index is 0.0818. The van der Waals surface area contributed by atoms with E-state index >= 15 is 0 Å². The van der Waals surface area contributed by atoms with Crippen LogP contribution in [0.15, 0.2) is 51.9 Å². The van der Waals surface area contributed by atoms with Crippen molar-refractivity contribution in [3.8, 4) is 0 Å². The third kappa shape index (κ3) is 4.47. The smallest absolute Gasteiger partial charge is 0.373 e. The van der Waals surface area contributed by atoms with E-state index in [0.717, 1.165) is 24.4 Å². The van der Waals surface area contributed by atoms with Crippen LogP contribution in [0.4, 0.5) is 27.6 Å². The highest BCUT2D eigenvalue weighted by molar-refractivity contribution is 5.99. The molecule has 0 aliphatic rings. The van der Waals surface area contributed by atoms with Crippen molar-refractivity contribution in [1.29, 1.82) is 0 Å². The van der Waals surface area contributed by atoms with Crippen LogP contribution >= 0.6 is 0 Å². The molecule has 0 aliphatic heterocycles. The number of halogens is 5. The molecule has 1 aromatic heterocycles. The molecular weight excluding hydrogens is 439 g/mol. The van der Waals surface area contributed by atoms with Gasteiger partial charge < -0.3 is 14.9 Å². The van der Waals surface area contributed by atoms with Gasteiger partial charge in [-0.05, 0) is 41.3 Å². The van der Waals surface area contributed by atoms with Gasteiger partial charge in [0, 0.05) is 23.6 Å². The van der Waals surface area contributed by atoms with Gasteiger partial charge in [0.15, 0.2) is 0 Å². The van der Waals surface area contributed by atoms with Gasteiger partial charge in [-0.2, -0.15) is 13.2 Å². The molecule has 1 atom stereocenters. The Bertz CT molecular complexity index is 1220. The summed E-state index contributed by atoms with van der Waals surface area (Å²) in [4.78, 5) is 24.2. The first-order valence-corrected chi connectivity index (χ1v) is 9.19. The highest BCUT2D eigenvalue weighted by Gasteiger charge is 2.61. The van der Waals surface area contributed by atoms with Crippen molar-refractivity contribution in [2.24, 2.45) is 0 Å². The summed E-state index contributed by atoms with van der Waals surface area (Å²) < 4.78 is 73.2. The molecule has 0 spiro atoms. The monoisotopic (exact) mass is 456 g/mol. The van der Waals surface area contributed by atoms with Gasteiger partial charge in [-0.1, -0.05) is 19.0 Å². The van der Waals surface area contributed by atoms with Crippen molar-refractivity contribution in [3.05, 3.63) is 70.2 Å². The number of fused-ring (bicyclic) bond motifs is 1. The second-order valence-electron chi connectivity index (χ2n) is 7.95. The second kappa shape index (κ2) is 7.97. The number of anilines is 1. The number of aliphatic hydroxyl groups is 1. The first-order valence-electron chi connectivity index (χ1n) is 9.19. The fraction of sp³-hybridized carbons (Fsp3) is 0.286. The Morgan fingerprint density at radius 1 is 1.09 bits per heavy atom. The van der Waals surface area contributed by atoms with Gasteiger partial charge >= 0.3 is 11.8 Å². The molecule has 0 saturated heterocycles. The zero-order valence-electron chi connectivity index (χ0n) is 16.8. The van der Waals surface area contributed by atoms with Crippen LogP contribution in [-0.2, 0) is 10.2 Å². The molecular formula is C21H17F5N2O4. The third-order valence-corrected chi connectivity index (χ3v) is 5.04. The summed E-state index contributed by atoms with van der Waals surface area (Å²) in [7, 11) is 0. The molecule has 1 heterocycles. The lowest BCUT2D eigenvalue weighted by atomic mass is 9.74. The van der Waals surface area contributed by atoms with Gasteiger partial charge in [-0.15, -0.1) is 0 Å². The molecule has 0 fully saturated rings. The molecule has 170 valence electrons. The number of nitrogens with zero attached hydrogens (tertiary/aromatic N) is 1. The standard InChI is InChI=1S/C21H17F5N2O4/c1-19(2,12-6-13(22)8-14(23)7-12)10-20(31,21(24,25)26)18(30)28-15-3-4-16-11(5-15)9-27-32-17(16)29/h3-9,31H,10H2,1-2H3,(H,28,30). The molecule has 0 saturated carbocycles. The highest BCUT2D eigenvalue weighted by Crippen LogP contribution is 2.42. The molecule has 3 aromatic rings. The predicted molar refractivity (Wildman–Crippen MR) is 104 cm³/mol. The van der Waals surface area contributed by atoms with Crippen LogP contribution in [0.25, 0.3) is 10.8 Å². The number of hydrogen-bond acceptors (Lipinski definition) is 5. The van der Waals surface area contributed by atoms with E-state index in [1.165, 1.54) is 26.0 Å². The van der Waals surface area contributed by atoms with Crippen molar-refractivity contribution < 1.29 is 36.4 Å². The second-order valence-corrected chi connectivity index (χ2v) is 7.95. The normalized spacial score (nSPS) is 14.2. The maximum Gasteiger partial charge on any atom is 0.426 e. The number of benzene rings is 2. The number of alkyl halides is 3. The summed E-state index contributed by atoms with van der Waals surface area (Å²) in [6, 6.07) is 5.77. The number of hydrogen-bond donors (Lipinski definition) is 2. The summed E-state index contributed by atoms with van der Waals surface area (Å²) in [5.74, 6) is -3.82. The van der Waals surface area contributed by atoms with E-state index in [1.807, 2.05) is 5.32 Å². The molecule has 0 radical (unpaired) electrons. The molecule has 3 rings (SSSR count). The molecule has 2 N–H and O–H groups in total. The molecule has 1 unspecified atom stereocenters. The minimum Gasteiger partial charge on any atom is -0.373 e. The number of aromatic nitrogens is 1. The first-order chi connectivity index (χ1) is 14.7. The Morgan fingerprint density at radius 2 is 1.72 bits per heavy atom. The van der Waals surface area contributed by atoms with Crippen molar-refractivity contribution in [3.63, 3.8) is 0 Å². The average Bonchev–Trinajstić information content (AvgIpc) is 2.66. The number of carbonyl (C=O) groups is 1. The summed E-state index contributed by atoms with van der Waals surface area (Å²) in [5, 5.41) is 16.0. The zero-order valence-corrected chi connectivity index (χ0v) is 16.8. The van der Waals surface area contributed by atoms with E-state index in [9.17, 15) is 36.6 Å². The molecule has 11 heteroatoms. The van der Waals surface area contributed by atoms with Crippen molar-refractivity contribution >= 4 is 22.4 Å². The Balaban J connectivity index is 1.96. The quantitative estimate of drug-likeness (QED) is 0.565. The Morgan fingerprint density at radius 3 is 2.31 bits per heavy atom. The van der Waals surface area contributed by atoms with Gasteiger partial charge in [0.05, 0.1) is 11.6 Å². The molecule has 0 bridgehead atoms. The van der Waals surface area contributed by atoms with Crippen LogP contribution < -0.4 is 10.9 Å². The van der Waals surface area contributed by atoms with E-state index < -0.39 is 46.8 Å². The van der Waals surface area contributed by atoms with Gasteiger partial charge in [0.1, 0.15) is 11.6 Å². The summed E-state index contributed by atoms with van der Waals surface area (Å²) in [5.41, 5.74) is -6.66. The summed E-state index contributed by atoms with van der Waals surface area (Å²) in [6.45, 7) is 2.43. The van der Waals surface area contributed by atoms with Crippen LogP contribution in [-0.4, -0.2) is 27.9 Å². The summed E-state index contributed by atoms with van der Waals surface area (Å²) in [6.07, 6.45) is -5.51. The maximum absolute atomic E-state index is 13.8. The molecule has 2 aromatic carbocycles. The number of nitrogens with one attached hydrogen (secondary N) is 1. The fourth-order valence-corrected chi connectivity index (χ4v) is 3.34. The van der Waals surface area contributed by atoms with Gasteiger partial charge in [-0.3, -0.25) is 4.79 Å². The Labute approximate surface area is 177 Å². The lowest BCUT2D eigenvalue weighted by molar-refractivity contribution is -0.254. The fourth-order valence-electron chi connectivity index (χ4n) is 3.34. The zero-order chi connectivity index (χ0) is 23.9. The number of rotatable bonds is 5. The maximum atomic E-state index is 13.8. The SMILES string of the molecule is CC(C)(CC(O)(C(=O)Nc1ccc2c(=O)oncc2c1)C(F)(F)F)c1cc(F)cc(F)c1. The van der Waals surface area contributed by atoms with Crippen molar-refractivity contribution in [2.45, 2.75) is 37.5 Å². The largest absolute Gasteiger partial charge is 0.426 e. The van der Waals surface area contributed by atoms with Gasteiger partial charge in [0.25, 0.3) is 5.91 Å². The van der Waals surface area contributed by atoms with Gasteiger partial charge in [0.2, 0.25) is 5.60 Å². The van der Waals surface area contributed by atoms with E-state index in [0.29, 0.717) is 6.07 Å². The number of carbonyl (C=O) groups excluding carboxylic acids is 1. The van der Waals surface area contributed by atoms with Crippen LogP contribution in [0.5, 0.6) is 0 Å².